The van der Waals surface area contributed by atoms with Gasteiger partial charge in [0.05, 0.1) is 4.90 Å². The molecule has 0 spiro atoms. The highest BCUT2D eigenvalue weighted by molar-refractivity contribution is 7.89. The molecule has 0 saturated carbocycles. The number of piperidine rings is 1. The molecule has 4 rings (SSSR count). The highest BCUT2D eigenvalue weighted by Crippen LogP contribution is 2.22. The Bertz CT molecular complexity index is 1170. The van der Waals surface area contributed by atoms with Crippen molar-refractivity contribution in [2.45, 2.75) is 30.7 Å². The van der Waals surface area contributed by atoms with E-state index >= 15 is 0 Å². The molecular weight excluding hydrogens is 396 g/mol. The summed E-state index contributed by atoms with van der Waals surface area (Å²) in [6.07, 6.45) is 2.82. The van der Waals surface area contributed by atoms with Crippen LogP contribution in [0.15, 0.2) is 71.6 Å². The van der Waals surface area contributed by atoms with Gasteiger partial charge in [-0.15, -0.1) is 0 Å². The second-order valence-corrected chi connectivity index (χ2v) is 9.77. The first-order valence-corrected chi connectivity index (χ1v) is 11.7. The maximum absolute atomic E-state index is 13.0. The Hall–Kier alpha value is -2.70. The van der Waals surface area contributed by atoms with Crippen LogP contribution in [0.1, 0.15) is 35.2 Å². The quantitative estimate of drug-likeness (QED) is 0.616. The molecule has 1 fully saturated rings. The van der Waals surface area contributed by atoms with E-state index < -0.39 is 10.0 Å². The van der Waals surface area contributed by atoms with Crippen LogP contribution in [-0.2, 0) is 16.6 Å². The molecule has 6 heteroatoms. The predicted octanol–water partition coefficient (Wildman–Crippen LogP) is 4.29. The first kappa shape index (κ1) is 20.6. The Labute approximate surface area is 178 Å². The van der Waals surface area contributed by atoms with Crippen molar-refractivity contribution in [2.24, 2.45) is 0 Å². The molecule has 3 aromatic carbocycles. The molecule has 3 aromatic rings. The molecule has 5 nitrogen and oxygen atoms in total. The zero-order valence-electron chi connectivity index (χ0n) is 17.1. The molecule has 0 aliphatic carbocycles. The van der Waals surface area contributed by atoms with Crippen LogP contribution in [0.5, 0.6) is 0 Å². The third-order valence-corrected chi connectivity index (χ3v) is 7.51. The van der Waals surface area contributed by atoms with Gasteiger partial charge in [-0.3, -0.25) is 4.79 Å². The summed E-state index contributed by atoms with van der Waals surface area (Å²) in [4.78, 5) is 14.8. The molecular formula is C24H26N2O3S. The first-order chi connectivity index (χ1) is 14.4. The number of nitrogens with zero attached hydrogens (tertiary/aromatic N) is 2. The van der Waals surface area contributed by atoms with Crippen molar-refractivity contribution in [3.05, 3.63) is 77.9 Å². The molecule has 0 N–H and O–H groups in total. The van der Waals surface area contributed by atoms with Gasteiger partial charge in [-0.1, -0.05) is 48.9 Å². The lowest BCUT2D eigenvalue weighted by Gasteiger charge is -2.26. The summed E-state index contributed by atoms with van der Waals surface area (Å²) in [5, 5.41) is 2.29. The Morgan fingerprint density at radius 1 is 0.900 bits per heavy atom. The van der Waals surface area contributed by atoms with E-state index in [1.807, 2.05) is 18.2 Å². The standard InChI is InChI=1S/C24H26N2O3S/c1-25(18-19-12-13-20-8-3-4-9-21(20)16-19)24(27)22-10-7-11-23(17-22)30(28,29)26-14-5-2-6-15-26/h3-4,7-13,16-17H,2,5-6,14-15,18H2,1H3. The van der Waals surface area contributed by atoms with Crippen LogP contribution in [-0.4, -0.2) is 43.7 Å². The zero-order valence-corrected chi connectivity index (χ0v) is 17.9. The molecule has 0 unspecified atom stereocenters. The van der Waals surface area contributed by atoms with Crippen molar-refractivity contribution < 1.29 is 13.2 Å². The van der Waals surface area contributed by atoms with Crippen molar-refractivity contribution in [2.75, 3.05) is 20.1 Å². The first-order valence-electron chi connectivity index (χ1n) is 10.3. The average Bonchev–Trinajstić information content (AvgIpc) is 2.79. The van der Waals surface area contributed by atoms with E-state index in [0.717, 1.165) is 35.6 Å². The molecule has 0 bridgehead atoms. The number of hydrogen-bond donors (Lipinski definition) is 0. The number of carbonyl (C=O) groups excluding carboxylic acids is 1. The number of fused-ring (bicyclic) bond motifs is 1. The molecule has 1 saturated heterocycles. The summed E-state index contributed by atoms with van der Waals surface area (Å²) >= 11 is 0. The molecule has 1 amide bonds. The highest BCUT2D eigenvalue weighted by atomic mass is 32.2. The van der Waals surface area contributed by atoms with Crippen molar-refractivity contribution in [1.82, 2.24) is 9.21 Å². The van der Waals surface area contributed by atoms with E-state index in [-0.39, 0.29) is 10.8 Å². The van der Waals surface area contributed by atoms with Crippen LogP contribution in [0.25, 0.3) is 10.8 Å². The fourth-order valence-electron chi connectivity index (χ4n) is 3.95. The van der Waals surface area contributed by atoms with Gasteiger partial charge in [-0.25, -0.2) is 8.42 Å². The van der Waals surface area contributed by atoms with Crippen LogP contribution in [0.4, 0.5) is 0 Å². The molecule has 0 radical (unpaired) electrons. The monoisotopic (exact) mass is 422 g/mol. The van der Waals surface area contributed by atoms with E-state index in [9.17, 15) is 13.2 Å². The van der Waals surface area contributed by atoms with Crippen molar-refractivity contribution in [3.63, 3.8) is 0 Å². The van der Waals surface area contributed by atoms with Crippen molar-refractivity contribution in [3.8, 4) is 0 Å². The molecule has 156 valence electrons. The second kappa shape index (κ2) is 8.58. The van der Waals surface area contributed by atoms with Gasteiger partial charge in [-0.05, 0) is 53.4 Å². The van der Waals surface area contributed by atoms with Crippen LogP contribution in [0.3, 0.4) is 0 Å². The van der Waals surface area contributed by atoms with Gasteiger partial charge in [0.1, 0.15) is 0 Å². The largest absolute Gasteiger partial charge is 0.337 e. The van der Waals surface area contributed by atoms with Gasteiger partial charge < -0.3 is 4.90 Å². The van der Waals surface area contributed by atoms with Gasteiger partial charge >= 0.3 is 0 Å². The van der Waals surface area contributed by atoms with E-state index in [2.05, 4.69) is 24.3 Å². The Morgan fingerprint density at radius 2 is 1.63 bits per heavy atom. The minimum Gasteiger partial charge on any atom is -0.337 e. The van der Waals surface area contributed by atoms with Crippen LogP contribution in [0.2, 0.25) is 0 Å². The topological polar surface area (TPSA) is 57.7 Å². The summed E-state index contributed by atoms with van der Waals surface area (Å²) in [6.45, 7) is 1.54. The second-order valence-electron chi connectivity index (χ2n) is 7.84. The minimum absolute atomic E-state index is 0.189. The maximum Gasteiger partial charge on any atom is 0.253 e. The molecule has 1 heterocycles. The number of rotatable bonds is 5. The lowest BCUT2D eigenvalue weighted by atomic mass is 10.1. The van der Waals surface area contributed by atoms with Crippen LogP contribution < -0.4 is 0 Å². The third kappa shape index (κ3) is 4.25. The summed E-state index contributed by atoms with van der Waals surface area (Å²) in [5.74, 6) is -0.196. The Balaban J connectivity index is 1.53. The van der Waals surface area contributed by atoms with E-state index in [4.69, 9.17) is 0 Å². The van der Waals surface area contributed by atoms with Crippen molar-refractivity contribution >= 4 is 26.7 Å². The van der Waals surface area contributed by atoms with Gasteiger partial charge in [-0.2, -0.15) is 4.31 Å². The van der Waals surface area contributed by atoms with E-state index in [0.29, 0.717) is 25.2 Å². The van der Waals surface area contributed by atoms with Gasteiger partial charge in [0.2, 0.25) is 10.0 Å². The molecule has 1 aliphatic rings. The Morgan fingerprint density at radius 3 is 2.40 bits per heavy atom. The molecule has 0 aromatic heterocycles. The number of amides is 1. The fourth-order valence-corrected chi connectivity index (χ4v) is 5.51. The third-order valence-electron chi connectivity index (χ3n) is 5.61. The zero-order chi connectivity index (χ0) is 21.1. The highest BCUT2D eigenvalue weighted by Gasteiger charge is 2.26. The van der Waals surface area contributed by atoms with Crippen molar-refractivity contribution in [1.29, 1.82) is 0 Å². The Kier molecular flexibility index (Phi) is 5.88. The SMILES string of the molecule is CN(Cc1ccc2ccccc2c1)C(=O)c1cccc(S(=O)(=O)N2CCCCC2)c1. The predicted molar refractivity (Wildman–Crippen MR) is 119 cm³/mol. The summed E-state index contributed by atoms with van der Waals surface area (Å²) < 4.78 is 27.4. The fraction of sp³-hybridized carbons (Fsp3) is 0.292. The smallest absolute Gasteiger partial charge is 0.253 e. The lowest BCUT2D eigenvalue weighted by molar-refractivity contribution is 0.0785. The summed E-state index contributed by atoms with van der Waals surface area (Å²) in [5.41, 5.74) is 1.41. The normalized spacial score (nSPS) is 15.2. The molecule has 30 heavy (non-hydrogen) atoms. The van der Waals surface area contributed by atoms with Gasteiger partial charge in [0.15, 0.2) is 0 Å². The summed E-state index contributed by atoms with van der Waals surface area (Å²) in [7, 11) is -1.82. The average molecular weight is 423 g/mol. The molecule has 0 atom stereocenters. The lowest BCUT2D eigenvalue weighted by Crippen LogP contribution is -2.35. The number of carbonyl (C=O) groups is 1. The van der Waals surface area contributed by atoms with Gasteiger partial charge in [0.25, 0.3) is 5.91 Å². The maximum atomic E-state index is 13.0. The summed E-state index contributed by atoms with van der Waals surface area (Å²) in [6, 6.07) is 20.7. The number of sulfonamides is 1. The van der Waals surface area contributed by atoms with Crippen LogP contribution >= 0.6 is 0 Å². The van der Waals surface area contributed by atoms with E-state index in [1.54, 1.807) is 30.1 Å². The van der Waals surface area contributed by atoms with Crippen LogP contribution in [0, 0.1) is 0 Å². The van der Waals surface area contributed by atoms with E-state index in [1.165, 1.54) is 10.4 Å². The number of benzene rings is 3. The van der Waals surface area contributed by atoms with Gasteiger partial charge in [0, 0.05) is 32.2 Å². The minimum atomic E-state index is -3.56. The molecule has 1 aliphatic heterocycles. The number of hydrogen-bond acceptors (Lipinski definition) is 3.